The van der Waals surface area contributed by atoms with Gasteiger partial charge in [0, 0.05) is 19.8 Å². The number of hydrogen-bond acceptors (Lipinski definition) is 4. The van der Waals surface area contributed by atoms with E-state index in [2.05, 4.69) is 21.0 Å². The van der Waals surface area contributed by atoms with Gasteiger partial charge in [-0.15, -0.1) is 0 Å². The maximum Gasteiger partial charge on any atom is 0.289 e. The molecular formula is C19H18BrCl2N3O3. The zero-order valence-electron chi connectivity index (χ0n) is 15.3. The van der Waals surface area contributed by atoms with Crippen LogP contribution in [0.3, 0.4) is 0 Å². The molecule has 148 valence electrons. The Morgan fingerprint density at radius 2 is 2.11 bits per heavy atom. The highest BCUT2D eigenvalue weighted by atomic mass is 79.9. The maximum absolute atomic E-state index is 12.6. The summed E-state index contributed by atoms with van der Waals surface area (Å²) in [6.45, 7) is 3.25. The molecule has 0 saturated heterocycles. The van der Waals surface area contributed by atoms with Crippen molar-refractivity contribution in [2.24, 2.45) is 0 Å². The highest BCUT2D eigenvalue weighted by Gasteiger charge is 2.19. The van der Waals surface area contributed by atoms with E-state index >= 15 is 0 Å². The van der Waals surface area contributed by atoms with E-state index in [9.17, 15) is 4.79 Å². The van der Waals surface area contributed by atoms with Crippen LogP contribution >= 0.6 is 39.1 Å². The summed E-state index contributed by atoms with van der Waals surface area (Å²) in [4.78, 5) is 14.2. The van der Waals surface area contributed by atoms with Crippen LogP contribution in [0.25, 0.3) is 0 Å². The second kappa shape index (κ2) is 9.03. The molecule has 3 rings (SSSR count). The van der Waals surface area contributed by atoms with Crippen LogP contribution in [0, 0.1) is 0 Å². The van der Waals surface area contributed by atoms with Crippen LogP contribution in [0.5, 0.6) is 5.75 Å². The molecule has 0 aliphatic rings. The SMILES string of the molecule is CCn1cc(Br)c(CN(C)C(=O)c2ccc(COc3cccc(Cl)c3Cl)o2)n1. The molecule has 6 nitrogen and oxygen atoms in total. The predicted octanol–water partition coefficient (Wildman–Crippen LogP) is 5.42. The molecule has 0 spiro atoms. The van der Waals surface area contributed by atoms with Crippen molar-refractivity contribution in [3.63, 3.8) is 0 Å². The Kier molecular flexibility index (Phi) is 6.69. The first kappa shape index (κ1) is 20.8. The molecule has 0 atom stereocenters. The Bertz CT molecular complexity index is 987. The topological polar surface area (TPSA) is 60.5 Å². The Morgan fingerprint density at radius 3 is 2.82 bits per heavy atom. The van der Waals surface area contributed by atoms with E-state index in [-0.39, 0.29) is 18.3 Å². The fourth-order valence-corrected chi connectivity index (χ4v) is 3.29. The molecule has 0 radical (unpaired) electrons. The third-order valence-corrected chi connectivity index (χ3v) is 5.47. The molecule has 3 aromatic rings. The summed E-state index contributed by atoms with van der Waals surface area (Å²) in [6, 6.07) is 8.45. The molecule has 0 saturated carbocycles. The van der Waals surface area contributed by atoms with Gasteiger partial charge in [-0.2, -0.15) is 5.10 Å². The van der Waals surface area contributed by atoms with Gasteiger partial charge in [0.15, 0.2) is 5.76 Å². The van der Waals surface area contributed by atoms with Crippen molar-refractivity contribution < 1.29 is 13.9 Å². The summed E-state index contributed by atoms with van der Waals surface area (Å²) in [5, 5.41) is 5.18. The Balaban J connectivity index is 1.63. The molecule has 1 aromatic carbocycles. The Labute approximate surface area is 181 Å². The van der Waals surface area contributed by atoms with Gasteiger partial charge in [0.1, 0.15) is 23.1 Å². The zero-order valence-corrected chi connectivity index (χ0v) is 18.4. The van der Waals surface area contributed by atoms with E-state index in [0.29, 0.717) is 28.1 Å². The van der Waals surface area contributed by atoms with Gasteiger partial charge < -0.3 is 14.1 Å². The number of rotatable bonds is 7. The number of furan rings is 1. The van der Waals surface area contributed by atoms with E-state index in [0.717, 1.165) is 16.7 Å². The average Bonchev–Trinajstić information content (AvgIpc) is 3.29. The normalized spacial score (nSPS) is 10.9. The average molecular weight is 487 g/mol. The molecule has 2 aromatic heterocycles. The summed E-state index contributed by atoms with van der Waals surface area (Å²) in [6.07, 6.45) is 1.89. The minimum atomic E-state index is -0.245. The number of halogens is 3. The van der Waals surface area contributed by atoms with Gasteiger partial charge in [-0.3, -0.25) is 9.48 Å². The Hall–Kier alpha value is -1.96. The first-order valence-electron chi connectivity index (χ1n) is 8.51. The van der Waals surface area contributed by atoms with Crippen molar-refractivity contribution in [2.75, 3.05) is 7.05 Å². The quantitative estimate of drug-likeness (QED) is 0.447. The first-order valence-corrected chi connectivity index (χ1v) is 10.1. The van der Waals surface area contributed by atoms with E-state index in [1.165, 1.54) is 0 Å². The van der Waals surface area contributed by atoms with Crippen LogP contribution in [-0.2, 0) is 19.7 Å². The maximum atomic E-state index is 12.6. The van der Waals surface area contributed by atoms with Gasteiger partial charge in [-0.1, -0.05) is 29.3 Å². The number of ether oxygens (including phenoxy) is 1. The lowest BCUT2D eigenvalue weighted by Gasteiger charge is -2.14. The summed E-state index contributed by atoms with van der Waals surface area (Å²) in [5.74, 6) is 0.936. The number of carbonyl (C=O) groups is 1. The van der Waals surface area contributed by atoms with E-state index < -0.39 is 0 Å². The van der Waals surface area contributed by atoms with Crippen LogP contribution in [-0.4, -0.2) is 27.6 Å². The van der Waals surface area contributed by atoms with Gasteiger partial charge in [0.25, 0.3) is 5.91 Å². The lowest BCUT2D eigenvalue weighted by Crippen LogP contribution is -2.26. The van der Waals surface area contributed by atoms with Crippen LogP contribution < -0.4 is 4.74 Å². The van der Waals surface area contributed by atoms with Crippen molar-refractivity contribution in [1.29, 1.82) is 0 Å². The number of aromatic nitrogens is 2. The standard InChI is InChI=1S/C19H18BrCl2N3O3/c1-3-25-9-13(20)15(23-25)10-24(2)19(26)17-8-7-12(28-17)11-27-16-6-4-5-14(21)18(16)22/h4-9H,3,10-11H2,1-2H3. The molecule has 0 bridgehead atoms. The van der Waals surface area contributed by atoms with Crippen LogP contribution in [0.4, 0.5) is 0 Å². The van der Waals surface area contributed by atoms with Crippen molar-refractivity contribution >= 4 is 45.0 Å². The largest absolute Gasteiger partial charge is 0.484 e. The highest BCUT2D eigenvalue weighted by Crippen LogP contribution is 2.32. The molecule has 0 N–H and O–H groups in total. The molecule has 28 heavy (non-hydrogen) atoms. The minimum Gasteiger partial charge on any atom is -0.484 e. The number of carbonyl (C=O) groups excluding carboxylic acids is 1. The fraction of sp³-hybridized carbons (Fsp3) is 0.263. The second-order valence-corrected chi connectivity index (χ2v) is 7.69. The lowest BCUT2D eigenvalue weighted by molar-refractivity contribution is 0.0747. The van der Waals surface area contributed by atoms with Crippen molar-refractivity contribution in [2.45, 2.75) is 26.6 Å². The molecular weight excluding hydrogens is 469 g/mol. The fourth-order valence-electron chi connectivity index (χ4n) is 2.51. The van der Waals surface area contributed by atoms with Crippen molar-refractivity contribution in [3.05, 3.63) is 68.3 Å². The number of aryl methyl sites for hydroxylation is 1. The van der Waals surface area contributed by atoms with Gasteiger partial charge in [0.2, 0.25) is 0 Å². The second-order valence-electron chi connectivity index (χ2n) is 6.05. The summed E-state index contributed by atoms with van der Waals surface area (Å²) in [5.41, 5.74) is 0.781. The summed E-state index contributed by atoms with van der Waals surface area (Å²) in [7, 11) is 1.70. The molecule has 9 heteroatoms. The predicted molar refractivity (Wildman–Crippen MR) is 111 cm³/mol. The van der Waals surface area contributed by atoms with Gasteiger partial charge >= 0.3 is 0 Å². The summed E-state index contributed by atoms with van der Waals surface area (Å²) < 4.78 is 13.9. The molecule has 0 fully saturated rings. The van der Waals surface area contributed by atoms with E-state index in [4.69, 9.17) is 32.4 Å². The van der Waals surface area contributed by atoms with Crippen LogP contribution in [0.1, 0.15) is 28.9 Å². The number of nitrogens with zero attached hydrogens (tertiary/aromatic N) is 3. The van der Waals surface area contributed by atoms with Gasteiger partial charge in [-0.05, 0) is 47.1 Å². The number of hydrogen-bond donors (Lipinski definition) is 0. The van der Waals surface area contributed by atoms with Gasteiger partial charge in [-0.25, -0.2) is 0 Å². The lowest BCUT2D eigenvalue weighted by atomic mass is 10.3. The number of benzene rings is 1. The number of amides is 1. The first-order chi connectivity index (χ1) is 13.4. The Morgan fingerprint density at radius 1 is 1.32 bits per heavy atom. The molecule has 1 amide bonds. The van der Waals surface area contributed by atoms with E-state index in [1.54, 1.807) is 47.0 Å². The monoisotopic (exact) mass is 485 g/mol. The van der Waals surface area contributed by atoms with Crippen molar-refractivity contribution in [1.82, 2.24) is 14.7 Å². The molecule has 2 heterocycles. The molecule has 0 aliphatic carbocycles. The third-order valence-electron chi connectivity index (χ3n) is 4.00. The smallest absolute Gasteiger partial charge is 0.289 e. The van der Waals surface area contributed by atoms with Crippen LogP contribution in [0.15, 0.2) is 45.4 Å². The van der Waals surface area contributed by atoms with E-state index in [1.807, 2.05) is 13.1 Å². The van der Waals surface area contributed by atoms with Crippen LogP contribution in [0.2, 0.25) is 10.0 Å². The minimum absolute atomic E-state index is 0.128. The molecule has 0 aliphatic heterocycles. The summed E-state index contributed by atoms with van der Waals surface area (Å²) >= 11 is 15.5. The van der Waals surface area contributed by atoms with Gasteiger partial charge in [0.05, 0.1) is 21.7 Å². The molecule has 0 unspecified atom stereocenters. The zero-order chi connectivity index (χ0) is 20.3. The third kappa shape index (κ3) is 4.71. The highest BCUT2D eigenvalue weighted by molar-refractivity contribution is 9.10. The van der Waals surface area contributed by atoms with Crippen molar-refractivity contribution in [3.8, 4) is 5.75 Å².